The van der Waals surface area contributed by atoms with Crippen LogP contribution in [0.25, 0.3) is 10.9 Å². The van der Waals surface area contributed by atoms with Crippen LogP contribution in [0.5, 0.6) is 0 Å². The molecule has 1 atom stereocenters. The third-order valence-corrected chi connectivity index (χ3v) is 6.58. The van der Waals surface area contributed by atoms with Crippen LogP contribution >= 0.6 is 0 Å². The number of hydrogen-bond donors (Lipinski definition) is 2. The van der Waals surface area contributed by atoms with Crippen molar-refractivity contribution < 1.29 is 14.3 Å². The van der Waals surface area contributed by atoms with E-state index in [2.05, 4.69) is 39.5 Å². The first-order valence-electron chi connectivity index (χ1n) is 10.6. The van der Waals surface area contributed by atoms with E-state index in [-0.39, 0.29) is 17.6 Å². The lowest BCUT2D eigenvalue weighted by Gasteiger charge is -2.43. The number of hydrogen-bond acceptors (Lipinski definition) is 4. The molecule has 3 aliphatic heterocycles. The fourth-order valence-corrected chi connectivity index (χ4v) is 5.03. The van der Waals surface area contributed by atoms with E-state index in [4.69, 9.17) is 9.47 Å². The number of carbonyl (C=O) groups excluding carboxylic acids is 1. The van der Waals surface area contributed by atoms with Crippen LogP contribution in [0, 0.1) is 0 Å². The number of likely N-dealkylation sites (tertiary alicyclic amines) is 1. The lowest BCUT2D eigenvalue weighted by atomic mass is 9.83. The van der Waals surface area contributed by atoms with Crippen LogP contribution in [0.2, 0.25) is 0 Å². The third-order valence-electron chi connectivity index (χ3n) is 6.58. The molecule has 2 saturated heterocycles. The van der Waals surface area contributed by atoms with Gasteiger partial charge in [-0.25, -0.2) is 0 Å². The fourth-order valence-electron chi connectivity index (χ4n) is 5.03. The molecule has 28 heavy (non-hydrogen) atoms. The number of amides is 1. The van der Waals surface area contributed by atoms with E-state index in [1.165, 1.54) is 22.2 Å². The van der Waals surface area contributed by atoms with Gasteiger partial charge in [0.1, 0.15) is 5.60 Å². The number of aromatic nitrogens is 1. The number of piperidine rings is 1. The van der Waals surface area contributed by atoms with Crippen LogP contribution in [0.3, 0.4) is 0 Å². The number of H-pyrrole nitrogens is 1. The number of fused-ring (bicyclic) bond motifs is 4. The van der Waals surface area contributed by atoms with Gasteiger partial charge in [0.15, 0.2) is 0 Å². The van der Waals surface area contributed by atoms with E-state index in [0.29, 0.717) is 13.1 Å². The molecule has 0 aliphatic carbocycles. The molecule has 4 heterocycles. The summed E-state index contributed by atoms with van der Waals surface area (Å²) in [6, 6.07) is 8.54. The molecule has 1 unspecified atom stereocenters. The lowest BCUT2D eigenvalue weighted by molar-refractivity contribution is -0.127. The number of benzene rings is 1. The van der Waals surface area contributed by atoms with Crippen LogP contribution < -0.4 is 5.32 Å². The topological polar surface area (TPSA) is 66.6 Å². The molecule has 1 spiro atoms. The Morgan fingerprint density at radius 2 is 2.11 bits per heavy atom. The summed E-state index contributed by atoms with van der Waals surface area (Å²) < 4.78 is 11.9. The van der Waals surface area contributed by atoms with Crippen molar-refractivity contribution in [3.63, 3.8) is 0 Å². The first-order valence-corrected chi connectivity index (χ1v) is 10.6. The summed E-state index contributed by atoms with van der Waals surface area (Å²) in [6.45, 7) is 4.45. The summed E-state index contributed by atoms with van der Waals surface area (Å²) in [5.41, 5.74) is 3.66. The molecule has 150 valence electrons. The highest BCUT2D eigenvalue weighted by Gasteiger charge is 2.42. The second kappa shape index (κ2) is 7.50. The van der Waals surface area contributed by atoms with E-state index < -0.39 is 0 Å². The average Bonchev–Trinajstić information content (AvgIpc) is 3.37. The number of rotatable bonds is 4. The maximum absolute atomic E-state index is 12.3. The summed E-state index contributed by atoms with van der Waals surface area (Å²) in [6.07, 6.45) is 5.17. The number of aromatic amines is 1. The van der Waals surface area contributed by atoms with Crippen LogP contribution in [0.1, 0.15) is 36.9 Å². The monoisotopic (exact) mass is 383 g/mol. The fraction of sp³-hybridized carbons (Fsp3) is 0.591. The molecule has 2 N–H and O–H groups in total. The number of carbonyl (C=O) groups is 1. The molecule has 6 nitrogen and oxygen atoms in total. The highest BCUT2D eigenvalue weighted by molar-refractivity contribution is 5.85. The smallest absolute Gasteiger partial charge is 0.234 e. The van der Waals surface area contributed by atoms with Gasteiger partial charge < -0.3 is 19.8 Å². The van der Waals surface area contributed by atoms with E-state index in [9.17, 15) is 4.79 Å². The second-order valence-electron chi connectivity index (χ2n) is 8.33. The molecule has 2 aromatic rings. The molecule has 6 heteroatoms. The summed E-state index contributed by atoms with van der Waals surface area (Å²) in [5, 5.41) is 4.36. The van der Waals surface area contributed by atoms with Gasteiger partial charge in [-0.2, -0.15) is 0 Å². The molecule has 0 saturated carbocycles. The highest BCUT2D eigenvalue weighted by Crippen LogP contribution is 2.43. The SMILES string of the molecule is O=C(CN1CCC2(CC1)OCCc1c2[nH]c2ccccc12)NCC1CCCO1. The molecule has 2 fully saturated rings. The van der Waals surface area contributed by atoms with Gasteiger partial charge in [0.2, 0.25) is 5.91 Å². The number of ether oxygens (including phenoxy) is 2. The maximum Gasteiger partial charge on any atom is 0.234 e. The van der Waals surface area contributed by atoms with Gasteiger partial charge in [-0.1, -0.05) is 18.2 Å². The normalized spacial score (nSPS) is 24.5. The molecule has 3 aliphatic rings. The molecule has 0 radical (unpaired) electrons. The second-order valence-corrected chi connectivity index (χ2v) is 8.33. The third kappa shape index (κ3) is 3.34. The highest BCUT2D eigenvalue weighted by atomic mass is 16.5. The van der Waals surface area contributed by atoms with Gasteiger partial charge in [-0.05, 0) is 43.7 Å². The minimum absolute atomic E-state index is 0.0994. The van der Waals surface area contributed by atoms with Gasteiger partial charge in [0, 0.05) is 37.1 Å². The number of para-hydroxylation sites is 1. The van der Waals surface area contributed by atoms with Crippen molar-refractivity contribution in [1.29, 1.82) is 0 Å². The predicted octanol–water partition coefficient (Wildman–Crippen LogP) is 2.33. The lowest BCUT2D eigenvalue weighted by Crippen LogP contribution is -2.49. The van der Waals surface area contributed by atoms with Crippen molar-refractivity contribution in [3.8, 4) is 0 Å². The van der Waals surface area contributed by atoms with Crippen molar-refractivity contribution in [3.05, 3.63) is 35.5 Å². The zero-order valence-electron chi connectivity index (χ0n) is 16.3. The van der Waals surface area contributed by atoms with Crippen LogP contribution in [0.15, 0.2) is 24.3 Å². The Morgan fingerprint density at radius 3 is 2.93 bits per heavy atom. The molecule has 5 rings (SSSR count). The number of nitrogens with one attached hydrogen (secondary N) is 2. The van der Waals surface area contributed by atoms with Crippen LogP contribution in [-0.2, 0) is 26.3 Å². The zero-order valence-corrected chi connectivity index (χ0v) is 16.3. The molecular weight excluding hydrogens is 354 g/mol. The Kier molecular flexibility index (Phi) is 4.87. The minimum Gasteiger partial charge on any atom is -0.376 e. The largest absolute Gasteiger partial charge is 0.376 e. The van der Waals surface area contributed by atoms with Crippen molar-refractivity contribution in [2.45, 2.75) is 43.8 Å². The standard InChI is InChI=1S/C22H29N3O3/c26-20(23-14-16-4-3-12-27-16)15-25-10-8-22(9-11-25)21-18(7-13-28-22)17-5-1-2-6-19(17)24-21/h1-2,5-6,16,24H,3-4,7-15H2,(H,23,26). The van der Waals surface area contributed by atoms with Crippen molar-refractivity contribution in [2.75, 3.05) is 39.4 Å². The first-order chi connectivity index (χ1) is 13.7. The van der Waals surface area contributed by atoms with Crippen molar-refractivity contribution in [1.82, 2.24) is 15.2 Å². The van der Waals surface area contributed by atoms with Gasteiger partial charge in [-0.15, -0.1) is 0 Å². The Hall–Kier alpha value is -1.89. The van der Waals surface area contributed by atoms with Gasteiger partial charge >= 0.3 is 0 Å². The van der Waals surface area contributed by atoms with E-state index >= 15 is 0 Å². The molecule has 1 aromatic carbocycles. The van der Waals surface area contributed by atoms with Gasteiger partial charge in [0.25, 0.3) is 0 Å². The summed E-state index contributed by atoms with van der Waals surface area (Å²) >= 11 is 0. The summed E-state index contributed by atoms with van der Waals surface area (Å²) in [4.78, 5) is 18.2. The van der Waals surface area contributed by atoms with Crippen molar-refractivity contribution in [2.24, 2.45) is 0 Å². The Balaban J connectivity index is 1.22. The molecule has 1 aromatic heterocycles. The predicted molar refractivity (Wildman–Crippen MR) is 107 cm³/mol. The maximum atomic E-state index is 12.3. The van der Waals surface area contributed by atoms with Gasteiger partial charge in [-0.3, -0.25) is 9.69 Å². The Morgan fingerprint density at radius 1 is 1.25 bits per heavy atom. The van der Waals surface area contributed by atoms with E-state index in [1.807, 2.05) is 0 Å². The molecule has 1 amide bonds. The number of nitrogens with zero attached hydrogens (tertiary/aromatic N) is 1. The summed E-state index contributed by atoms with van der Waals surface area (Å²) in [7, 11) is 0. The van der Waals surface area contributed by atoms with Gasteiger partial charge in [0.05, 0.1) is 24.9 Å². The van der Waals surface area contributed by atoms with Crippen LogP contribution in [0.4, 0.5) is 0 Å². The molecular formula is C22H29N3O3. The molecule has 0 bridgehead atoms. The minimum atomic E-state index is -0.225. The summed E-state index contributed by atoms with van der Waals surface area (Å²) in [5.74, 6) is 0.0994. The Bertz CT molecular complexity index is 848. The van der Waals surface area contributed by atoms with Crippen molar-refractivity contribution >= 4 is 16.8 Å². The van der Waals surface area contributed by atoms with E-state index in [0.717, 1.165) is 58.4 Å². The zero-order chi connectivity index (χ0) is 19.0. The first kappa shape index (κ1) is 18.2. The Labute approximate surface area is 165 Å². The quantitative estimate of drug-likeness (QED) is 0.850. The average molecular weight is 383 g/mol. The van der Waals surface area contributed by atoms with E-state index in [1.54, 1.807) is 0 Å². The van der Waals surface area contributed by atoms with Crippen LogP contribution in [-0.4, -0.2) is 61.3 Å².